The molecule has 0 bridgehead atoms. The SMILES string of the molecule is CCCc1ccc(C)cc1N1C(=O)CSC1=NC(=O)NCC(C)c1ccc(-c2ncn(-c3ccc(OC(F)(F)F)cc3)n2)cc1. The normalized spacial score (nSPS) is 15.0. The summed E-state index contributed by atoms with van der Waals surface area (Å²) >= 11 is 1.25. The number of aromatic nitrogens is 3. The number of ether oxygens (including phenoxy) is 1. The third-order valence-electron chi connectivity index (χ3n) is 7.09. The van der Waals surface area contributed by atoms with Crippen LogP contribution in [0, 0.1) is 6.92 Å². The van der Waals surface area contributed by atoms with Gasteiger partial charge < -0.3 is 10.1 Å². The van der Waals surface area contributed by atoms with E-state index in [1.807, 2.05) is 56.3 Å². The number of carbonyl (C=O) groups is 2. The van der Waals surface area contributed by atoms with Crippen LogP contribution in [0.15, 0.2) is 78.0 Å². The number of nitrogens with zero attached hydrogens (tertiary/aromatic N) is 5. The van der Waals surface area contributed by atoms with Crippen LogP contribution in [-0.2, 0) is 11.2 Å². The second-order valence-electron chi connectivity index (χ2n) is 10.6. The molecule has 3 aromatic carbocycles. The molecule has 234 valence electrons. The molecule has 1 fully saturated rings. The van der Waals surface area contributed by atoms with Crippen molar-refractivity contribution in [3.63, 3.8) is 0 Å². The number of thioether (sulfide) groups is 1. The lowest BCUT2D eigenvalue weighted by molar-refractivity contribution is -0.274. The second-order valence-corrected chi connectivity index (χ2v) is 11.5. The number of nitrogens with one attached hydrogen (secondary N) is 1. The highest BCUT2D eigenvalue weighted by atomic mass is 32.2. The van der Waals surface area contributed by atoms with Crippen LogP contribution >= 0.6 is 11.8 Å². The van der Waals surface area contributed by atoms with Crippen LogP contribution in [0.4, 0.5) is 23.7 Å². The summed E-state index contributed by atoms with van der Waals surface area (Å²) in [4.78, 5) is 35.7. The van der Waals surface area contributed by atoms with E-state index in [0.717, 1.165) is 40.8 Å². The second kappa shape index (κ2) is 13.6. The zero-order valence-electron chi connectivity index (χ0n) is 24.8. The molecule has 5 rings (SSSR count). The number of anilines is 1. The standard InChI is InChI=1S/C32H31F3N6O3S/c1-4-5-23-7-6-20(2)16-27(23)41-28(42)18-45-31(41)38-30(43)36-17-21(3)22-8-10-24(11-9-22)29-37-19-40(39-29)25-12-14-26(15-13-25)44-32(33,34)35/h6-16,19,21H,4-5,17-18H2,1-3H3,(H,36,43). The Morgan fingerprint density at radius 3 is 2.53 bits per heavy atom. The average molecular weight is 637 g/mol. The van der Waals surface area contributed by atoms with Gasteiger partial charge in [-0.1, -0.05) is 68.4 Å². The first-order valence-electron chi connectivity index (χ1n) is 14.3. The van der Waals surface area contributed by atoms with Gasteiger partial charge in [0.05, 0.1) is 17.1 Å². The summed E-state index contributed by atoms with van der Waals surface area (Å²) in [7, 11) is 0. The Morgan fingerprint density at radius 1 is 1.11 bits per heavy atom. The molecule has 1 saturated heterocycles. The monoisotopic (exact) mass is 636 g/mol. The summed E-state index contributed by atoms with van der Waals surface area (Å²) < 4.78 is 42.6. The van der Waals surface area contributed by atoms with E-state index in [1.165, 1.54) is 47.0 Å². The summed E-state index contributed by atoms with van der Waals surface area (Å²) in [6.45, 7) is 6.36. The van der Waals surface area contributed by atoms with E-state index in [9.17, 15) is 22.8 Å². The van der Waals surface area contributed by atoms with Gasteiger partial charge in [-0.05, 0) is 66.3 Å². The third kappa shape index (κ3) is 7.90. The summed E-state index contributed by atoms with van der Waals surface area (Å²) in [6.07, 6.45) is -1.54. The van der Waals surface area contributed by atoms with Crippen molar-refractivity contribution in [2.75, 3.05) is 17.2 Å². The Kier molecular flexibility index (Phi) is 9.57. The van der Waals surface area contributed by atoms with Crippen molar-refractivity contribution in [1.82, 2.24) is 20.1 Å². The molecule has 0 radical (unpaired) electrons. The molecule has 0 aliphatic carbocycles. The van der Waals surface area contributed by atoms with Crippen molar-refractivity contribution in [2.45, 2.75) is 45.9 Å². The molecule has 0 saturated carbocycles. The first-order valence-corrected chi connectivity index (χ1v) is 15.3. The Hall–Kier alpha value is -4.65. The molecular weight excluding hydrogens is 605 g/mol. The largest absolute Gasteiger partial charge is 0.573 e. The Balaban J connectivity index is 1.20. The van der Waals surface area contributed by atoms with Crippen molar-refractivity contribution < 1.29 is 27.5 Å². The molecule has 2 heterocycles. The quantitative estimate of drug-likeness (QED) is 0.212. The van der Waals surface area contributed by atoms with Crippen LogP contribution in [0.5, 0.6) is 5.75 Å². The topological polar surface area (TPSA) is 102 Å². The summed E-state index contributed by atoms with van der Waals surface area (Å²) in [5.41, 5.74) is 5.09. The molecule has 1 aromatic heterocycles. The highest BCUT2D eigenvalue weighted by Crippen LogP contribution is 2.31. The van der Waals surface area contributed by atoms with Gasteiger partial charge in [-0.3, -0.25) is 9.69 Å². The zero-order valence-corrected chi connectivity index (χ0v) is 25.7. The van der Waals surface area contributed by atoms with E-state index < -0.39 is 12.4 Å². The highest BCUT2D eigenvalue weighted by molar-refractivity contribution is 8.15. The summed E-state index contributed by atoms with van der Waals surface area (Å²) in [5, 5.41) is 7.66. The van der Waals surface area contributed by atoms with E-state index in [1.54, 1.807) is 4.90 Å². The fourth-order valence-electron chi connectivity index (χ4n) is 4.81. The maximum Gasteiger partial charge on any atom is 0.573 e. The van der Waals surface area contributed by atoms with Gasteiger partial charge in [0.15, 0.2) is 11.0 Å². The number of rotatable bonds is 9. The molecule has 9 nitrogen and oxygen atoms in total. The number of urea groups is 1. The first-order chi connectivity index (χ1) is 21.5. The van der Waals surface area contributed by atoms with Gasteiger partial charge in [-0.25, -0.2) is 14.5 Å². The smallest absolute Gasteiger partial charge is 0.406 e. The number of amides is 3. The number of benzene rings is 3. The van der Waals surface area contributed by atoms with E-state index in [2.05, 4.69) is 32.1 Å². The van der Waals surface area contributed by atoms with Crippen molar-refractivity contribution in [3.8, 4) is 22.8 Å². The van der Waals surface area contributed by atoms with E-state index >= 15 is 0 Å². The van der Waals surface area contributed by atoms with Crippen molar-refractivity contribution >= 4 is 34.6 Å². The minimum Gasteiger partial charge on any atom is -0.406 e. The maximum atomic E-state index is 12.8. The zero-order chi connectivity index (χ0) is 32.1. The highest BCUT2D eigenvalue weighted by Gasteiger charge is 2.32. The number of aryl methyl sites for hydroxylation is 2. The van der Waals surface area contributed by atoms with Gasteiger partial charge in [-0.15, -0.1) is 18.3 Å². The summed E-state index contributed by atoms with van der Waals surface area (Å²) in [5.74, 6) is 0.212. The minimum absolute atomic E-state index is 0.0342. The van der Waals surface area contributed by atoms with Crippen LogP contribution in [0.25, 0.3) is 17.1 Å². The molecule has 0 spiro atoms. The Morgan fingerprint density at radius 2 is 1.84 bits per heavy atom. The Bertz CT molecular complexity index is 1700. The number of aliphatic imine (C=N–C) groups is 1. The molecule has 1 unspecified atom stereocenters. The molecule has 1 aliphatic rings. The lowest BCUT2D eigenvalue weighted by Gasteiger charge is -2.20. The van der Waals surface area contributed by atoms with E-state index in [-0.39, 0.29) is 23.3 Å². The van der Waals surface area contributed by atoms with Gasteiger partial charge >= 0.3 is 12.4 Å². The fraction of sp³-hybridized carbons (Fsp3) is 0.281. The average Bonchev–Trinajstić information content (AvgIpc) is 3.64. The maximum absolute atomic E-state index is 12.8. The van der Waals surface area contributed by atoms with E-state index in [4.69, 9.17) is 0 Å². The van der Waals surface area contributed by atoms with Crippen molar-refractivity contribution in [1.29, 1.82) is 0 Å². The molecule has 13 heteroatoms. The lowest BCUT2D eigenvalue weighted by atomic mass is 10.00. The first kappa shape index (κ1) is 31.8. The minimum atomic E-state index is -4.76. The summed E-state index contributed by atoms with van der Waals surface area (Å²) in [6, 6.07) is 18.4. The Labute approximate surface area is 262 Å². The number of carbonyl (C=O) groups excluding carboxylic acids is 2. The predicted molar refractivity (Wildman–Crippen MR) is 168 cm³/mol. The number of amidine groups is 1. The van der Waals surface area contributed by atoms with Crippen molar-refractivity contribution in [2.24, 2.45) is 4.99 Å². The predicted octanol–water partition coefficient (Wildman–Crippen LogP) is 7.04. The van der Waals surface area contributed by atoms with E-state index in [0.29, 0.717) is 23.2 Å². The van der Waals surface area contributed by atoms with Crippen LogP contribution in [0.1, 0.15) is 42.9 Å². The van der Waals surface area contributed by atoms with Gasteiger partial charge in [0.1, 0.15) is 12.1 Å². The van der Waals surface area contributed by atoms with Crippen LogP contribution in [0.2, 0.25) is 0 Å². The van der Waals surface area contributed by atoms with Crippen LogP contribution < -0.4 is 15.0 Å². The molecule has 3 amide bonds. The number of alkyl halides is 3. The lowest BCUT2D eigenvalue weighted by Crippen LogP contribution is -2.32. The number of halogens is 3. The third-order valence-corrected chi connectivity index (χ3v) is 8.01. The van der Waals surface area contributed by atoms with Crippen molar-refractivity contribution in [3.05, 3.63) is 89.7 Å². The molecular formula is C32H31F3N6O3S. The molecule has 1 aliphatic heterocycles. The van der Waals surface area contributed by atoms with Crippen LogP contribution in [-0.4, -0.2) is 50.5 Å². The molecule has 1 atom stereocenters. The molecule has 1 N–H and O–H groups in total. The number of hydrogen-bond acceptors (Lipinski definition) is 6. The van der Waals surface area contributed by atoms with Gasteiger partial charge in [0, 0.05) is 12.1 Å². The molecule has 45 heavy (non-hydrogen) atoms. The van der Waals surface area contributed by atoms with Gasteiger partial charge in [0.2, 0.25) is 5.91 Å². The fourth-order valence-corrected chi connectivity index (χ4v) is 5.67. The molecule has 4 aromatic rings. The number of hydrogen-bond donors (Lipinski definition) is 1. The van der Waals surface area contributed by atoms with Gasteiger partial charge in [-0.2, -0.15) is 4.99 Å². The van der Waals surface area contributed by atoms with Gasteiger partial charge in [0.25, 0.3) is 0 Å². The van der Waals surface area contributed by atoms with Crippen LogP contribution in [0.3, 0.4) is 0 Å².